The zero-order chi connectivity index (χ0) is 12.9. The molecule has 1 aliphatic heterocycles. The second-order valence-electron chi connectivity index (χ2n) is 6.54. The molecule has 1 rings (SSSR count). The number of hydrogen-bond acceptors (Lipinski definition) is 3. The zero-order valence-corrected chi connectivity index (χ0v) is 12.3. The summed E-state index contributed by atoms with van der Waals surface area (Å²) in [5.41, 5.74) is 0.229. The first-order chi connectivity index (χ1) is 7.88. The summed E-state index contributed by atoms with van der Waals surface area (Å²) in [5.74, 6) is 1.52. The Morgan fingerprint density at radius 1 is 1.35 bits per heavy atom. The van der Waals surface area contributed by atoms with Crippen LogP contribution in [0.3, 0.4) is 0 Å². The highest BCUT2D eigenvalue weighted by atomic mass is 16.5. The molecule has 0 aromatic rings. The van der Waals surface area contributed by atoms with Crippen LogP contribution < -0.4 is 5.32 Å². The number of rotatable bonds is 5. The van der Waals surface area contributed by atoms with Crippen LogP contribution in [-0.4, -0.2) is 50.3 Å². The Balaban J connectivity index is 2.17. The Morgan fingerprint density at radius 3 is 2.65 bits per heavy atom. The summed E-state index contributed by atoms with van der Waals surface area (Å²) in [6, 6.07) is 0. The van der Waals surface area contributed by atoms with E-state index in [0.717, 1.165) is 32.2 Å². The highest BCUT2D eigenvalue weighted by Gasteiger charge is 2.22. The quantitative estimate of drug-likeness (QED) is 0.798. The van der Waals surface area contributed by atoms with Crippen LogP contribution in [0.1, 0.15) is 34.1 Å². The minimum absolute atomic E-state index is 0.229. The Labute approximate surface area is 107 Å². The van der Waals surface area contributed by atoms with Crippen LogP contribution in [0.2, 0.25) is 0 Å². The normalized spacial score (nSPS) is 26.5. The Bertz CT molecular complexity index is 213. The van der Waals surface area contributed by atoms with Crippen molar-refractivity contribution < 1.29 is 4.74 Å². The van der Waals surface area contributed by atoms with Gasteiger partial charge < -0.3 is 15.0 Å². The van der Waals surface area contributed by atoms with E-state index < -0.39 is 0 Å². The van der Waals surface area contributed by atoms with Crippen LogP contribution in [-0.2, 0) is 4.74 Å². The van der Waals surface area contributed by atoms with Crippen molar-refractivity contribution in [1.82, 2.24) is 10.2 Å². The Kier molecular flexibility index (Phi) is 5.90. The lowest BCUT2D eigenvalue weighted by Crippen LogP contribution is -2.42. The molecule has 17 heavy (non-hydrogen) atoms. The molecule has 1 heterocycles. The van der Waals surface area contributed by atoms with E-state index in [-0.39, 0.29) is 5.54 Å². The molecule has 0 aliphatic carbocycles. The van der Waals surface area contributed by atoms with Gasteiger partial charge in [-0.05, 0) is 46.1 Å². The molecule has 0 amide bonds. The van der Waals surface area contributed by atoms with Gasteiger partial charge in [0.25, 0.3) is 0 Å². The molecule has 1 N–H and O–H groups in total. The summed E-state index contributed by atoms with van der Waals surface area (Å²) in [6.45, 7) is 14.2. The number of ether oxygens (including phenoxy) is 1. The lowest BCUT2D eigenvalue weighted by Gasteiger charge is -2.32. The van der Waals surface area contributed by atoms with E-state index in [0.29, 0.717) is 5.92 Å². The molecule has 1 aliphatic rings. The van der Waals surface area contributed by atoms with Gasteiger partial charge in [-0.3, -0.25) is 0 Å². The first-order valence-electron chi connectivity index (χ1n) is 6.90. The predicted molar refractivity (Wildman–Crippen MR) is 73.3 cm³/mol. The SMILES string of the molecule is CC1COCCC1CN(C)CCNC(C)(C)C. The number of nitrogens with one attached hydrogen (secondary N) is 1. The predicted octanol–water partition coefficient (Wildman–Crippen LogP) is 1.98. The van der Waals surface area contributed by atoms with Gasteiger partial charge in [0.05, 0.1) is 0 Å². The van der Waals surface area contributed by atoms with Crippen LogP contribution in [0.15, 0.2) is 0 Å². The summed E-state index contributed by atoms with van der Waals surface area (Å²) in [4.78, 5) is 2.45. The largest absolute Gasteiger partial charge is 0.381 e. The van der Waals surface area contributed by atoms with E-state index in [1.54, 1.807) is 0 Å². The number of hydrogen-bond donors (Lipinski definition) is 1. The Morgan fingerprint density at radius 2 is 2.06 bits per heavy atom. The van der Waals surface area contributed by atoms with Gasteiger partial charge in [-0.15, -0.1) is 0 Å². The van der Waals surface area contributed by atoms with Gasteiger partial charge in [0.1, 0.15) is 0 Å². The number of nitrogens with zero attached hydrogens (tertiary/aromatic N) is 1. The van der Waals surface area contributed by atoms with Crippen LogP contribution in [0.25, 0.3) is 0 Å². The smallest absolute Gasteiger partial charge is 0.0494 e. The molecule has 102 valence electrons. The molecule has 0 aromatic heterocycles. The maximum absolute atomic E-state index is 5.49. The van der Waals surface area contributed by atoms with Gasteiger partial charge in [0.15, 0.2) is 0 Å². The average molecular weight is 242 g/mol. The maximum atomic E-state index is 5.49. The van der Waals surface area contributed by atoms with Crippen molar-refractivity contribution >= 4 is 0 Å². The summed E-state index contributed by atoms with van der Waals surface area (Å²) < 4.78 is 5.49. The van der Waals surface area contributed by atoms with Crippen LogP contribution in [0, 0.1) is 11.8 Å². The van der Waals surface area contributed by atoms with Crippen molar-refractivity contribution in [2.24, 2.45) is 11.8 Å². The van der Waals surface area contributed by atoms with Crippen LogP contribution in [0.4, 0.5) is 0 Å². The fraction of sp³-hybridized carbons (Fsp3) is 1.00. The molecule has 1 fully saturated rings. The summed E-state index contributed by atoms with van der Waals surface area (Å²) >= 11 is 0. The molecule has 0 aromatic carbocycles. The van der Waals surface area contributed by atoms with Crippen LogP contribution in [0.5, 0.6) is 0 Å². The molecule has 3 nitrogen and oxygen atoms in total. The first-order valence-corrected chi connectivity index (χ1v) is 6.90. The van der Waals surface area contributed by atoms with Gasteiger partial charge in [0.2, 0.25) is 0 Å². The average Bonchev–Trinajstić information content (AvgIpc) is 2.19. The molecule has 0 saturated carbocycles. The minimum atomic E-state index is 0.229. The molecule has 0 radical (unpaired) electrons. The van der Waals surface area contributed by atoms with Gasteiger partial charge in [-0.2, -0.15) is 0 Å². The molecule has 3 heteroatoms. The summed E-state index contributed by atoms with van der Waals surface area (Å²) in [5, 5.41) is 3.53. The van der Waals surface area contributed by atoms with Gasteiger partial charge in [-0.25, -0.2) is 0 Å². The molecular weight excluding hydrogens is 212 g/mol. The molecule has 1 saturated heterocycles. The van der Waals surface area contributed by atoms with E-state index >= 15 is 0 Å². The Hall–Kier alpha value is -0.120. The van der Waals surface area contributed by atoms with Gasteiger partial charge in [-0.1, -0.05) is 6.92 Å². The van der Waals surface area contributed by atoms with E-state index in [1.165, 1.54) is 13.0 Å². The summed E-state index contributed by atoms with van der Waals surface area (Å²) in [6.07, 6.45) is 1.22. The lowest BCUT2D eigenvalue weighted by atomic mass is 9.89. The highest BCUT2D eigenvalue weighted by Crippen LogP contribution is 2.21. The van der Waals surface area contributed by atoms with E-state index in [1.807, 2.05) is 0 Å². The molecule has 2 atom stereocenters. The topological polar surface area (TPSA) is 24.5 Å². The molecule has 0 bridgehead atoms. The van der Waals surface area contributed by atoms with Gasteiger partial charge >= 0.3 is 0 Å². The zero-order valence-electron chi connectivity index (χ0n) is 12.3. The van der Waals surface area contributed by atoms with Crippen molar-refractivity contribution in [3.05, 3.63) is 0 Å². The first kappa shape index (κ1) is 14.9. The second-order valence-corrected chi connectivity index (χ2v) is 6.54. The molecular formula is C14H30N2O. The van der Waals surface area contributed by atoms with Crippen molar-refractivity contribution in [3.8, 4) is 0 Å². The highest BCUT2D eigenvalue weighted by molar-refractivity contribution is 4.75. The fourth-order valence-corrected chi connectivity index (χ4v) is 2.31. The minimum Gasteiger partial charge on any atom is -0.381 e. The number of likely N-dealkylation sites (N-methyl/N-ethyl adjacent to an activating group) is 1. The third-order valence-electron chi connectivity index (χ3n) is 3.51. The lowest BCUT2D eigenvalue weighted by molar-refractivity contribution is 0.0141. The van der Waals surface area contributed by atoms with Crippen molar-refractivity contribution in [1.29, 1.82) is 0 Å². The van der Waals surface area contributed by atoms with E-state index in [9.17, 15) is 0 Å². The second kappa shape index (κ2) is 6.72. The molecule has 0 spiro atoms. The molecule has 2 unspecified atom stereocenters. The van der Waals surface area contributed by atoms with E-state index in [2.05, 4.69) is 45.0 Å². The van der Waals surface area contributed by atoms with Gasteiger partial charge in [0, 0.05) is 38.4 Å². The summed E-state index contributed by atoms with van der Waals surface area (Å²) in [7, 11) is 2.23. The van der Waals surface area contributed by atoms with Crippen molar-refractivity contribution in [2.75, 3.05) is 39.9 Å². The third kappa shape index (κ3) is 6.39. The fourth-order valence-electron chi connectivity index (χ4n) is 2.31. The van der Waals surface area contributed by atoms with Crippen molar-refractivity contribution in [3.63, 3.8) is 0 Å². The van der Waals surface area contributed by atoms with Crippen molar-refractivity contribution in [2.45, 2.75) is 39.7 Å². The standard InChI is InChI=1S/C14H30N2O/c1-12-11-17-9-6-13(12)10-16(5)8-7-15-14(2,3)4/h12-13,15H,6-11H2,1-5H3. The monoisotopic (exact) mass is 242 g/mol. The third-order valence-corrected chi connectivity index (χ3v) is 3.51. The van der Waals surface area contributed by atoms with E-state index in [4.69, 9.17) is 4.74 Å². The maximum Gasteiger partial charge on any atom is 0.0494 e. The van der Waals surface area contributed by atoms with Crippen LogP contribution >= 0.6 is 0 Å².